The van der Waals surface area contributed by atoms with Gasteiger partial charge in [0.2, 0.25) is 5.91 Å². The molecule has 4 heteroatoms. The molecule has 0 fully saturated rings. The number of carbonyl (C=O) groups is 1. The second kappa shape index (κ2) is 11.9. The summed E-state index contributed by atoms with van der Waals surface area (Å²) in [6.07, 6.45) is 4.16. The highest BCUT2D eigenvalue weighted by atomic mass is 16.5. The molecule has 0 aromatic carbocycles. The summed E-state index contributed by atoms with van der Waals surface area (Å²) >= 11 is 0. The van der Waals surface area contributed by atoms with Gasteiger partial charge in [0.1, 0.15) is 0 Å². The first-order valence-electron chi connectivity index (χ1n) is 6.81. The first kappa shape index (κ1) is 16.4. The number of hydrogen-bond donors (Lipinski definition) is 2. The van der Waals surface area contributed by atoms with Gasteiger partial charge in [-0.15, -0.1) is 0 Å². The molecule has 0 spiro atoms. The number of unbranched alkanes of at least 4 members (excludes halogenated alkanes) is 1. The van der Waals surface area contributed by atoms with E-state index < -0.39 is 0 Å². The normalized spacial score (nSPS) is 12.4. The number of nitrogens with one attached hydrogen (secondary N) is 2. The fourth-order valence-corrected chi connectivity index (χ4v) is 1.37. The van der Waals surface area contributed by atoms with Crippen LogP contribution in [-0.2, 0) is 9.53 Å². The summed E-state index contributed by atoms with van der Waals surface area (Å²) in [7, 11) is 0. The molecule has 0 saturated heterocycles. The van der Waals surface area contributed by atoms with Crippen molar-refractivity contribution in [3.05, 3.63) is 0 Å². The largest absolute Gasteiger partial charge is 0.381 e. The molecular weight excluding hydrogens is 216 g/mol. The fourth-order valence-electron chi connectivity index (χ4n) is 1.37. The van der Waals surface area contributed by atoms with Crippen LogP contribution < -0.4 is 10.6 Å². The zero-order chi connectivity index (χ0) is 12.9. The Morgan fingerprint density at radius 1 is 1.12 bits per heavy atom. The average Bonchev–Trinajstić information content (AvgIpc) is 2.33. The van der Waals surface area contributed by atoms with E-state index in [1.165, 1.54) is 0 Å². The molecule has 17 heavy (non-hydrogen) atoms. The molecule has 0 aromatic heterocycles. The molecule has 0 aliphatic carbocycles. The smallest absolute Gasteiger partial charge is 0.236 e. The molecule has 1 amide bonds. The predicted molar refractivity (Wildman–Crippen MR) is 71.1 cm³/mol. The minimum absolute atomic E-state index is 0.0907. The molecule has 0 aliphatic rings. The third-order valence-electron chi connectivity index (χ3n) is 2.49. The van der Waals surface area contributed by atoms with Crippen molar-refractivity contribution >= 4 is 5.91 Å². The van der Waals surface area contributed by atoms with Crippen LogP contribution in [0.15, 0.2) is 0 Å². The quantitative estimate of drug-likeness (QED) is 0.544. The van der Waals surface area contributed by atoms with Crippen LogP contribution in [0, 0.1) is 0 Å². The summed E-state index contributed by atoms with van der Waals surface area (Å²) in [6, 6.07) is -0.113. The first-order chi connectivity index (χ1) is 8.22. The molecule has 2 N–H and O–H groups in total. The van der Waals surface area contributed by atoms with Crippen molar-refractivity contribution in [2.75, 3.05) is 26.3 Å². The molecule has 1 unspecified atom stereocenters. The molecule has 0 aliphatic heterocycles. The van der Waals surface area contributed by atoms with Crippen LogP contribution in [0.3, 0.4) is 0 Å². The first-order valence-corrected chi connectivity index (χ1v) is 6.81. The zero-order valence-corrected chi connectivity index (χ0v) is 11.6. The van der Waals surface area contributed by atoms with Gasteiger partial charge >= 0.3 is 0 Å². The maximum absolute atomic E-state index is 11.6. The van der Waals surface area contributed by atoms with E-state index in [4.69, 9.17) is 4.74 Å². The van der Waals surface area contributed by atoms with Crippen LogP contribution in [0.2, 0.25) is 0 Å². The number of ether oxygens (including phenoxy) is 1. The molecule has 0 aromatic rings. The van der Waals surface area contributed by atoms with Crippen molar-refractivity contribution in [1.29, 1.82) is 0 Å². The topological polar surface area (TPSA) is 50.4 Å². The zero-order valence-electron chi connectivity index (χ0n) is 11.6. The van der Waals surface area contributed by atoms with Crippen LogP contribution >= 0.6 is 0 Å². The fraction of sp³-hybridized carbons (Fsp3) is 0.923. The van der Waals surface area contributed by atoms with E-state index in [2.05, 4.69) is 24.5 Å². The van der Waals surface area contributed by atoms with E-state index in [1.54, 1.807) is 0 Å². The number of rotatable bonds is 11. The summed E-state index contributed by atoms with van der Waals surface area (Å²) in [5.74, 6) is 0.0907. The van der Waals surface area contributed by atoms with Gasteiger partial charge in [-0.3, -0.25) is 4.79 Å². The molecule has 0 bridgehead atoms. The van der Waals surface area contributed by atoms with Gasteiger partial charge in [-0.1, -0.05) is 20.3 Å². The maximum atomic E-state index is 11.6. The van der Waals surface area contributed by atoms with Crippen molar-refractivity contribution in [2.45, 2.75) is 52.5 Å². The Labute approximate surface area is 105 Å². The Bertz CT molecular complexity index is 186. The van der Waals surface area contributed by atoms with Gasteiger partial charge < -0.3 is 15.4 Å². The van der Waals surface area contributed by atoms with Gasteiger partial charge in [0.05, 0.1) is 6.04 Å². The lowest BCUT2D eigenvalue weighted by Crippen LogP contribution is -2.42. The molecule has 0 saturated carbocycles. The van der Waals surface area contributed by atoms with E-state index in [1.807, 2.05) is 6.92 Å². The van der Waals surface area contributed by atoms with Crippen molar-refractivity contribution in [3.63, 3.8) is 0 Å². The lowest BCUT2D eigenvalue weighted by Gasteiger charge is -2.13. The van der Waals surface area contributed by atoms with Gasteiger partial charge in [0, 0.05) is 19.8 Å². The monoisotopic (exact) mass is 244 g/mol. The molecule has 0 rings (SSSR count). The Hall–Kier alpha value is -0.610. The number of amides is 1. The van der Waals surface area contributed by atoms with Crippen LogP contribution in [0.4, 0.5) is 0 Å². The standard InChI is InChI=1S/C13H28N2O2/c1-4-6-8-15-13(16)12(3)14-9-7-11-17-10-5-2/h12,14H,4-11H2,1-3H3,(H,15,16). The molecule has 4 nitrogen and oxygen atoms in total. The van der Waals surface area contributed by atoms with Crippen LogP contribution in [0.25, 0.3) is 0 Å². The summed E-state index contributed by atoms with van der Waals surface area (Å²) in [6.45, 7) is 9.31. The van der Waals surface area contributed by atoms with Crippen molar-refractivity contribution in [2.24, 2.45) is 0 Å². The van der Waals surface area contributed by atoms with Crippen LogP contribution in [0.1, 0.15) is 46.5 Å². The minimum Gasteiger partial charge on any atom is -0.381 e. The maximum Gasteiger partial charge on any atom is 0.236 e. The van der Waals surface area contributed by atoms with Crippen LogP contribution in [0.5, 0.6) is 0 Å². The van der Waals surface area contributed by atoms with E-state index in [-0.39, 0.29) is 11.9 Å². The molecule has 0 radical (unpaired) electrons. The Morgan fingerprint density at radius 3 is 2.53 bits per heavy atom. The highest BCUT2D eigenvalue weighted by molar-refractivity contribution is 5.81. The predicted octanol–water partition coefficient (Wildman–Crippen LogP) is 1.70. The van der Waals surface area contributed by atoms with Gasteiger partial charge in [-0.2, -0.15) is 0 Å². The Kier molecular flexibility index (Phi) is 11.4. The number of hydrogen-bond acceptors (Lipinski definition) is 3. The van der Waals surface area contributed by atoms with E-state index >= 15 is 0 Å². The summed E-state index contributed by atoms with van der Waals surface area (Å²) in [4.78, 5) is 11.6. The van der Waals surface area contributed by atoms with Gasteiger partial charge in [0.25, 0.3) is 0 Å². The van der Waals surface area contributed by atoms with Gasteiger partial charge in [-0.05, 0) is 32.7 Å². The Morgan fingerprint density at radius 2 is 1.88 bits per heavy atom. The van der Waals surface area contributed by atoms with Crippen molar-refractivity contribution in [3.8, 4) is 0 Å². The summed E-state index contributed by atoms with van der Waals surface area (Å²) in [5.41, 5.74) is 0. The minimum atomic E-state index is -0.113. The lowest BCUT2D eigenvalue weighted by atomic mass is 10.3. The second-order valence-corrected chi connectivity index (χ2v) is 4.29. The SMILES string of the molecule is CCCCNC(=O)C(C)NCCCOCCC. The van der Waals surface area contributed by atoms with Crippen LogP contribution in [-0.4, -0.2) is 38.3 Å². The highest BCUT2D eigenvalue weighted by Crippen LogP contribution is 1.88. The Balaban J connectivity index is 3.37. The van der Waals surface area contributed by atoms with Crippen molar-refractivity contribution < 1.29 is 9.53 Å². The van der Waals surface area contributed by atoms with Gasteiger partial charge in [-0.25, -0.2) is 0 Å². The molecule has 1 atom stereocenters. The summed E-state index contributed by atoms with van der Waals surface area (Å²) in [5, 5.41) is 6.11. The average molecular weight is 244 g/mol. The van der Waals surface area contributed by atoms with E-state index in [9.17, 15) is 4.79 Å². The molecule has 102 valence electrons. The van der Waals surface area contributed by atoms with E-state index in [0.29, 0.717) is 0 Å². The lowest BCUT2D eigenvalue weighted by molar-refractivity contribution is -0.122. The molecule has 0 heterocycles. The third-order valence-corrected chi connectivity index (χ3v) is 2.49. The highest BCUT2D eigenvalue weighted by Gasteiger charge is 2.10. The molecular formula is C13H28N2O2. The second-order valence-electron chi connectivity index (χ2n) is 4.29. The third kappa shape index (κ3) is 10.3. The van der Waals surface area contributed by atoms with E-state index in [0.717, 1.165) is 52.0 Å². The number of carbonyl (C=O) groups excluding carboxylic acids is 1. The van der Waals surface area contributed by atoms with Gasteiger partial charge in [0.15, 0.2) is 0 Å². The van der Waals surface area contributed by atoms with Crippen molar-refractivity contribution in [1.82, 2.24) is 10.6 Å². The summed E-state index contributed by atoms with van der Waals surface area (Å²) < 4.78 is 5.36.